The Morgan fingerprint density at radius 2 is 1.82 bits per heavy atom. The molecule has 0 rings (SSSR count). The van der Waals surface area contributed by atoms with Crippen LogP contribution in [0, 0.1) is 0 Å². The van der Waals surface area contributed by atoms with Gasteiger partial charge in [-0.1, -0.05) is 0 Å². The minimum atomic E-state index is -1.83. The van der Waals surface area contributed by atoms with Gasteiger partial charge in [-0.3, -0.25) is 0 Å². The molecule has 0 spiro atoms. The smallest absolute Gasteiger partial charge is 0.450 e. The van der Waals surface area contributed by atoms with Crippen molar-refractivity contribution < 1.29 is 25.2 Å². The van der Waals surface area contributed by atoms with E-state index in [1.165, 1.54) is 0 Å². The summed E-state index contributed by atoms with van der Waals surface area (Å²) >= 11 is 0. The summed E-state index contributed by atoms with van der Waals surface area (Å²) in [6.07, 6.45) is -0.680. The summed E-state index contributed by atoms with van der Waals surface area (Å²) in [6.45, 7) is 1.90. The second-order valence-electron chi connectivity index (χ2n) is 2.00. The lowest BCUT2D eigenvalue weighted by Crippen LogP contribution is -1.99. The summed E-state index contributed by atoms with van der Waals surface area (Å²) in [6, 6.07) is 0. The van der Waals surface area contributed by atoms with Gasteiger partial charge in [0.15, 0.2) is 0 Å². The van der Waals surface area contributed by atoms with Crippen molar-refractivity contribution in [1.82, 2.24) is 0 Å². The molecule has 0 fully saturated rings. The molecule has 0 aliphatic rings. The van der Waals surface area contributed by atoms with Crippen LogP contribution in [0.2, 0.25) is 0 Å². The van der Waals surface area contributed by atoms with Crippen LogP contribution in [0.15, 0.2) is 0 Å². The van der Waals surface area contributed by atoms with Gasteiger partial charge < -0.3 is 20.4 Å². The predicted octanol–water partition coefficient (Wildman–Crippen LogP) is 0.362. The molecule has 5 heteroatoms. The maximum absolute atomic E-state index is 8.57. The van der Waals surface area contributed by atoms with Crippen LogP contribution >= 0.6 is 0 Å². The SMILES string of the molecule is CC(O)CCCO.O=C(O)O. The highest BCUT2D eigenvalue weighted by Gasteiger charge is 1.90. The van der Waals surface area contributed by atoms with Gasteiger partial charge >= 0.3 is 6.16 Å². The maximum atomic E-state index is 8.57. The fraction of sp³-hybridized carbons (Fsp3) is 0.833. The van der Waals surface area contributed by atoms with Crippen LogP contribution < -0.4 is 0 Å². The fourth-order valence-corrected chi connectivity index (χ4v) is 0.387. The average molecular weight is 166 g/mol. The van der Waals surface area contributed by atoms with Crippen molar-refractivity contribution in [2.24, 2.45) is 0 Å². The van der Waals surface area contributed by atoms with Gasteiger partial charge in [0.1, 0.15) is 0 Å². The van der Waals surface area contributed by atoms with Crippen molar-refractivity contribution in [3.05, 3.63) is 0 Å². The molecule has 0 aromatic carbocycles. The Labute approximate surface area is 64.9 Å². The van der Waals surface area contributed by atoms with E-state index < -0.39 is 6.16 Å². The molecule has 0 aliphatic heterocycles. The average Bonchev–Trinajstić information content (AvgIpc) is 1.82. The lowest BCUT2D eigenvalue weighted by atomic mass is 10.2. The third-order valence-corrected chi connectivity index (χ3v) is 0.780. The molecule has 1 atom stereocenters. The zero-order valence-corrected chi connectivity index (χ0v) is 6.40. The van der Waals surface area contributed by atoms with Gasteiger partial charge in [-0.2, -0.15) is 0 Å². The molecule has 0 saturated carbocycles. The van der Waals surface area contributed by atoms with E-state index in [1.807, 2.05) is 0 Å². The zero-order chi connectivity index (χ0) is 9.28. The van der Waals surface area contributed by atoms with E-state index >= 15 is 0 Å². The molecule has 4 N–H and O–H groups in total. The largest absolute Gasteiger partial charge is 0.503 e. The predicted molar refractivity (Wildman–Crippen MR) is 38.7 cm³/mol. The van der Waals surface area contributed by atoms with Crippen LogP contribution in [0.25, 0.3) is 0 Å². The number of hydrogen-bond acceptors (Lipinski definition) is 3. The van der Waals surface area contributed by atoms with E-state index in [4.69, 9.17) is 25.2 Å². The van der Waals surface area contributed by atoms with E-state index in [0.29, 0.717) is 12.8 Å². The van der Waals surface area contributed by atoms with Crippen molar-refractivity contribution in [2.75, 3.05) is 6.61 Å². The molecular weight excluding hydrogens is 152 g/mol. The van der Waals surface area contributed by atoms with Crippen molar-refractivity contribution >= 4 is 6.16 Å². The number of carboxylic acid groups (broad SMARTS) is 2. The standard InChI is InChI=1S/C5H12O2.CH2O3/c1-5(7)3-2-4-6;2-1(3)4/h5-7H,2-4H2,1H3;(H2,2,3,4). The lowest BCUT2D eigenvalue weighted by molar-refractivity contribution is 0.137. The van der Waals surface area contributed by atoms with Gasteiger partial charge in [0.05, 0.1) is 6.10 Å². The minimum absolute atomic E-state index is 0.185. The minimum Gasteiger partial charge on any atom is -0.450 e. The van der Waals surface area contributed by atoms with Crippen molar-refractivity contribution in [3.8, 4) is 0 Å². The van der Waals surface area contributed by atoms with Gasteiger partial charge in [0, 0.05) is 6.61 Å². The van der Waals surface area contributed by atoms with Gasteiger partial charge in [0.2, 0.25) is 0 Å². The van der Waals surface area contributed by atoms with Crippen LogP contribution in [0.4, 0.5) is 4.79 Å². The Morgan fingerprint density at radius 3 is 1.91 bits per heavy atom. The second-order valence-corrected chi connectivity index (χ2v) is 2.00. The second kappa shape index (κ2) is 9.19. The number of aliphatic hydroxyl groups excluding tert-OH is 2. The molecule has 0 bridgehead atoms. The van der Waals surface area contributed by atoms with Crippen LogP contribution in [0.1, 0.15) is 19.8 Å². The molecule has 0 aromatic rings. The Hall–Kier alpha value is -0.810. The maximum Gasteiger partial charge on any atom is 0.503 e. The summed E-state index contributed by atoms with van der Waals surface area (Å²) in [5.41, 5.74) is 0. The van der Waals surface area contributed by atoms with Crippen LogP contribution in [-0.2, 0) is 0 Å². The molecule has 5 nitrogen and oxygen atoms in total. The van der Waals surface area contributed by atoms with E-state index in [2.05, 4.69) is 0 Å². The molecule has 0 saturated heterocycles. The summed E-state index contributed by atoms with van der Waals surface area (Å²) < 4.78 is 0. The normalized spacial score (nSPS) is 11.2. The van der Waals surface area contributed by atoms with Gasteiger partial charge in [-0.25, -0.2) is 4.79 Å². The van der Waals surface area contributed by atoms with Crippen LogP contribution in [0.3, 0.4) is 0 Å². The highest BCUT2D eigenvalue weighted by molar-refractivity contribution is 5.53. The summed E-state index contributed by atoms with van der Waals surface area (Å²) in [5, 5.41) is 30.7. The van der Waals surface area contributed by atoms with Gasteiger partial charge in [0.25, 0.3) is 0 Å². The number of hydrogen-bond donors (Lipinski definition) is 4. The monoisotopic (exact) mass is 166 g/mol. The first-order valence-electron chi connectivity index (χ1n) is 3.21. The summed E-state index contributed by atoms with van der Waals surface area (Å²) in [4.78, 5) is 8.56. The third kappa shape index (κ3) is 46.7. The molecule has 0 amide bonds. The molecule has 0 aliphatic carbocycles. The topological polar surface area (TPSA) is 98.0 Å². The molecule has 0 aromatic heterocycles. The molecule has 68 valence electrons. The quantitative estimate of drug-likeness (QED) is 0.485. The van der Waals surface area contributed by atoms with Crippen molar-refractivity contribution in [2.45, 2.75) is 25.9 Å². The van der Waals surface area contributed by atoms with E-state index in [-0.39, 0.29) is 12.7 Å². The van der Waals surface area contributed by atoms with Gasteiger partial charge in [-0.15, -0.1) is 0 Å². The van der Waals surface area contributed by atoms with E-state index in [1.54, 1.807) is 6.92 Å². The lowest BCUT2D eigenvalue weighted by Gasteiger charge is -1.98. The number of aliphatic hydroxyl groups is 2. The first-order valence-corrected chi connectivity index (χ1v) is 3.21. The molecular formula is C6H14O5. The summed E-state index contributed by atoms with van der Waals surface area (Å²) in [5.74, 6) is 0. The molecule has 0 radical (unpaired) electrons. The third-order valence-electron chi connectivity index (χ3n) is 0.780. The number of rotatable bonds is 3. The number of carbonyl (C=O) groups is 1. The Morgan fingerprint density at radius 1 is 1.45 bits per heavy atom. The fourth-order valence-electron chi connectivity index (χ4n) is 0.387. The first-order chi connectivity index (χ1) is 5.00. The molecule has 11 heavy (non-hydrogen) atoms. The first kappa shape index (κ1) is 12.8. The van der Waals surface area contributed by atoms with E-state index in [9.17, 15) is 0 Å². The molecule has 1 unspecified atom stereocenters. The van der Waals surface area contributed by atoms with Crippen molar-refractivity contribution in [3.63, 3.8) is 0 Å². The summed E-state index contributed by atoms with van der Waals surface area (Å²) in [7, 11) is 0. The van der Waals surface area contributed by atoms with E-state index in [0.717, 1.165) is 0 Å². The highest BCUT2D eigenvalue weighted by Crippen LogP contribution is 1.92. The molecule has 0 heterocycles. The zero-order valence-electron chi connectivity index (χ0n) is 6.40. The van der Waals surface area contributed by atoms with Crippen LogP contribution in [0.5, 0.6) is 0 Å². The highest BCUT2D eigenvalue weighted by atomic mass is 16.6. The van der Waals surface area contributed by atoms with Crippen molar-refractivity contribution in [1.29, 1.82) is 0 Å². The Kier molecular flexibility index (Phi) is 10.7. The Balaban J connectivity index is 0. The van der Waals surface area contributed by atoms with Gasteiger partial charge in [-0.05, 0) is 19.8 Å². The Bertz CT molecular complexity index is 87.0. The van der Waals surface area contributed by atoms with Crippen LogP contribution in [-0.4, -0.2) is 39.3 Å².